The van der Waals surface area contributed by atoms with E-state index in [0.29, 0.717) is 5.02 Å². The molecular formula is C15H11BrClN3. The number of anilines is 3. The van der Waals surface area contributed by atoms with Gasteiger partial charge in [-0.25, -0.2) is 4.98 Å². The number of halogens is 2. The van der Waals surface area contributed by atoms with E-state index in [4.69, 9.17) is 17.3 Å². The minimum absolute atomic E-state index is 0.656. The average Bonchev–Trinajstić information content (AvgIpc) is 2.44. The molecule has 0 aliphatic heterocycles. The molecule has 100 valence electrons. The number of hydrogen-bond donors (Lipinski definition) is 2. The van der Waals surface area contributed by atoms with Crippen LogP contribution < -0.4 is 11.1 Å². The predicted molar refractivity (Wildman–Crippen MR) is 88.6 cm³/mol. The first kappa shape index (κ1) is 13.2. The number of nitrogens with one attached hydrogen (secondary N) is 1. The summed E-state index contributed by atoms with van der Waals surface area (Å²) in [5.74, 6) is 0.755. The van der Waals surface area contributed by atoms with Gasteiger partial charge in [-0.3, -0.25) is 0 Å². The molecule has 3 aromatic rings. The van der Waals surface area contributed by atoms with E-state index in [2.05, 4.69) is 26.2 Å². The van der Waals surface area contributed by atoms with Crippen LogP contribution in [0.2, 0.25) is 5.02 Å². The van der Waals surface area contributed by atoms with Crippen molar-refractivity contribution in [1.29, 1.82) is 0 Å². The molecule has 20 heavy (non-hydrogen) atoms. The van der Waals surface area contributed by atoms with Crippen molar-refractivity contribution in [2.75, 3.05) is 11.1 Å². The predicted octanol–water partition coefficient (Wildman–Crippen LogP) is 4.98. The van der Waals surface area contributed by atoms with Crippen molar-refractivity contribution in [3.8, 4) is 0 Å². The van der Waals surface area contributed by atoms with Crippen LogP contribution in [0.3, 0.4) is 0 Å². The quantitative estimate of drug-likeness (QED) is 0.642. The number of aromatic nitrogens is 1. The number of nitrogens with zero attached hydrogens (tertiary/aromatic N) is 1. The van der Waals surface area contributed by atoms with Crippen LogP contribution in [0.4, 0.5) is 17.2 Å². The van der Waals surface area contributed by atoms with Crippen molar-refractivity contribution in [3.05, 3.63) is 58.0 Å². The molecule has 0 unspecified atom stereocenters. The van der Waals surface area contributed by atoms with Gasteiger partial charge in [-0.05, 0) is 58.4 Å². The summed E-state index contributed by atoms with van der Waals surface area (Å²) in [6, 6.07) is 15.2. The third kappa shape index (κ3) is 2.57. The monoisotopic (exact) mass is 347 g/mol. The topological polar surface area (TPSA) is 50.9 Å². The molecule has 1 heterocycles. The van der Waals surface area contributed by atoms with Gasteiger partial charge in [0.2, 0.25) is 0 Å². The Morgan fingerprint density at radius 3 is 2.80 bits per heavy atom. The van der Waals surface area contributed by atoms with Gasteiger partial charge in [0.05, 0.1) is 20.7 Å². The molecule has 0 atom stereocenters. The number of benzene rings is 2. The highest BCUT2D eigenvalue weighted by Gasteiger charge is 2.05. The van der Waals surface area contributed by atoms with E-state index in [0.717, 1.165) is 32.6 Å². The van der Waals surface area contributed by atoms with Crippen molar-refractivity contribution in [3.63, 3.8) is 0 Å². The summed E-state index contributed by atoms with van der Waals surface area (Å²) in [7, 11) is 0. The van der Waals surface area contributed by atoms with Crippen LogP contribution in [-0.2, 0) is 0 Å². The van der Waals surface area contributed by atoms with E-state index in [1.165, 1.54) is 0 Å². The maximum Gasteiger partial charge on any atom is 0.131 e. The van der Waals surface area contributed by atoms with Gasteiger partial charge in [-0.15, -0.1) is 0 Å². The minimum Gasteiger partial charge on any atom is -0.399 e. The number of rotatable bonds is 2. The van der Waals surface area contributed by atoms with Gasteiger partial charge in [0.1, 0.15) is 5.82 Å². The van der Waals surface area contributed by atoms with Crippen LogP contribution in [0.25, 0.3) is 10.9 Å². The van der Waals surface area contributed by atoms with Gasteiger partial charge >= 0.3 is 0 Å². The SMILES string of the molecule is Nc1ccc2nc(Nc3cccc(Cl)c3Br)ccc2c1. The van der Waals surface area contributed by atoms with Crippen LogP contribution in [-0.4, -0.2) is 4.98 Å². The summed E-state index contributed by atoms with van der Waals surface area (Å²) in [6.45, 7) is 0. The fraction of sp³-hybridized carbons (Fsp3) is 0. The van der Waals surface area contributed by atoms with Crippen LogP contribution in [0.5, 0.6) is 0 Å². The molecule has 0 saturated carbocycles. The van der Waals surface area contributed by atoms with E-state index < -0.39 is 0 Å². The number of nitrogens with two attached hydrogens (primary N) is 1. The molecule has 0 spiro atoms. The van der Waals surface area contributed by atoms with Crippen molar-refractivity contribution in [2.24, 2.45) is 0 Å². The fourth-order valence-electron chi connectivity index (χ4n) is 1.95. The Kier molecular flexibility index (Phi) is 3.51. The smallest absolute Gasteiger partial charge is 0.131 e. The molecule has 0 aliphatic carbocycles. The molecule has 3 N–H and O–H groups in total. The Balaban J connectivity index is 1.99. The fourth-order valence-corrected chi connectivity index (χ4v) is 2.49. The molecular weight excluding hydrogens is 338 g/mol. The lowest BCUT2D eigenvalue weighted by atomic mass is 10.2. The lowest BCUT2D eigenvalue weighted by molar-refractivity contribution is 1.37. The van der Waals surface area contributed by atoms with Crippen molar-refractivity contribution in [1.82, 2.24) is 4.98 Å². The molecule has 0 saturated heterocycles. The summed E-state index contributed by atoms with van der Waals surface area (Å²) in [6.07, 6.45) is 0. The third-order valence-corrected chi connectivity index (χ3v) is 4.33. The molecule has 3 rings (SSSR count). The first-order chi connectivity index (χ1) is 9.63. The molecule has 1 aromatic heterocycles. The first-order valence-corrected chi connectivity index (χ1v) is 7.18. The van der Waals surface area contributed by atoms with Crippen LogP contribution in [0.1, 0.15) is 0 Å². The molecule has 0 radical (unpaired) electrons. The molecule has 2 aromatic carbocycles. The van der Waals surface area contributed by atoms with E-state index in [-0.39, 0.29) is 0 Å². The zero-order valence-corrected chi connectivity index (χ0v) is 12.7. The van der Waals surface area contributed by atoms with Gasteiger partial charge in [0, 0.05) is 11.1 Å². The highest BCUT2D eigenvalue weighted by atomic mass is 79.9. The second-order valence-electron chi connectivity index (χ2n) is 4.38. The number of fused-ring (bicyclic) bond motifs is 1. The van der Waals surface area contributed by atoms with Crippen LogP contribution >= 0.6 is 27.5 Å². The largest absolute Gasteiger partial charge is 0.399 e. The minimum atomic E-state index is 0.656. The van der Waals surface area contributed by atoms with Crippen molar-refractivity contribution < 1.29 is 0 Å². The van der Waals surface area contributed by atoms with Crippen molar-refractivity contribution >= 4 is 55.6 Å². The summed E-state index contributed by atoms with van der Waals surface area (Å²) in [4.78, 5) is 4.55. The van der Waals surface area contributed by atoms with Gasteiger partial charge in [0.25, 0.3) is 0 Å². The summed E-state index contributed by atoms with van der Waals surface area (Å²) < 4.78 is 0.820. The zero-order valence-electron chi connectivity index (χ0n) is 10.4. The highest BCUT2D eigenvalue weighted by molar-refractivity contribution is 9.10. The lowest BCUT2D eigenvalue weighted by Gasteiger charge is -2.09. The lowest BCUT2D eigenvalue weighted by Crippen LogP contribution is -1.95. The number of hydrogen-bond acceptors (Lipinski definition) is 3. The summed E-state index contributed by atoms with van der Waals surface area (Å²) in [5.41, 5.74) is 8.26. The number of pyridine rings is 1. The maximum atomic E-state index is 6.07. The van der Waals surface area contributed by atoms with E-state index >= 15 is 0 Å². The third-order valence-electron chi connectivity index (χ3n) is 2.93. The number of nitrogen functional groups attached to an aromatic ring is 1. The van der Waals surface area contributed by atoms with E-state index in [9.17, 15) is 0 Å². The highest BCUT2D eigenvalue weighted by Crippen LogP contribution is 2.32. The Hall–Kier alpha value is -1.78. The normalized spacial score (nSPS) is 10.7. The Morgan fingerprint density at radius 2 is 1.95 bits per heavy atom. The van der Waals surface area contributed by atoms with Gasteiger partial charge < -0.3 is 11.1 Å². The van der Waals surface area contributed by atoms with Crippen LogP contribution in [0.15, 0.2) is 53.0 Å². The zero-order chi connectivity index (χ0) is 14.1. The van der Waals surface area contributed by atoms with Gasteiger partial charge in [-0.1, -0.05) is 17.7 Å². The molecule has 0 amide bonds. The molecule has 5 heteroatoms. The van der Waals surface area contributed by atoms with Crippen LogP contribution in [0, 0.1) is 0 Å². The molecule has 0 bridgehead atoms. The Morgan fingerprint density at radius 1 is 1.10 bits per heavy atom. The van der Waals surface area contributed by atoms with E-state index in [1.54, 1.807) is 0 Å². The average molecular weight is 349 g/mol. The second kappa shape index (κ2) is 5.31. The molecule has 3 nitrogen and oxygen atoms in total. The first-order valence-electron chi connectivity index (χ1n) is 6.01. The molecule has 0 fully saturated rings. The summed E-state index contributed by atoms with van der Waals surface area (Å²) >= 11 is 9.53. The second-order valence-corrected chi connectivity index (χ2v) is 5.58. The maximum absolute atomic E-state index is 6.07. The van der Waals surface area contributed by atoms with Gasteiger partial charge in [-0.2, -0.15) is 0 Å². The Bertz CT molecular complexity index is 789. The Labute approximate surface area is 129 Å². The standard InChI is InChI=1S/C15H11BrClN3/c16-15-11(17)2-1-3-13(15)20-14-7-4-9-8-10(18)5-6-12(9)19-14/h1-8H,18H2,(H,19,20). The molecule has 0 aliphatic rings. The van der Waals surface area contributed by atoms with Crippen molar-refractivity contribution in [2.45, 2.75) is 0 Å². The summed E-state index contributed by atoms with van der Waals surface area (Å²) in [5, 5.41) is 4.92. The van der Waals surface area contributed by atoms with E-state index in [1.807, 2.05) is 48.5 Å². The van der Waals surface area contributed by atoms with Gasteiger partial charge in [0.15, 0.2) is 0 Å².